The van der Waals surface area contributed by atoms with Crippen LogP contribution in [0.2, 0.25) is 0 Å². The van der Waals surface area contributed by atoms with Crippen LogP contribution < -0.4 is 9.47 Å². The molecule has 16 heteroatoms. The number of rotatable bonds is 14. The molecule has 358 valence electrons. The van der Waals surface area contributed by atoms with E-state index in [0.717, 1.165) is 117 Å². The molecule has 2 saturated heterocycles. The van der Waals surface area contributed by atoms with E-state index in [1.165, 1.54) is 0 Å². The molecule has 4 aliphatic rings. The molecule has 0 amide bonds. The van der Waals surface area contributed by atoms with Crippen LogP contribution in [0.3, 0.4) is 0 Å². The Bertz CT molecular complexity index is 2620. The lowest BCUT2D eigenvalue weighted by molar-refractivity contribution is -0.277. The number of aryl methyl sites for hydroxylation is 1. The van der Waals surface area contributed by atoms with Gasteiger partial charge in [0.2, 0.25) is 12.6 Å². The van der Waals surface area contributed by atoms with E-state index < -0.39 is 74.6 Å². The van der Waals surface area contributed by atoms with Crippen LogP contribution in [0.4, 0.5) is 0 Å². The van der Waals surface area contributed by atoms with Crippen molar-refractivity contribution in [1.29, 1.82) is 0 Å². The first kappa shape index (κ1) is 47.3. The number of H-pyrrole nitrogens is 2. The summed E-state index contributed by atoms with van der Waals surface area (Å²) in [7, 11) is 0. The van der Waals surface area contributed by atoms with E-state index >= 15 is 0 Å². The SMILES string of the molecule is CCCCc1c2nc(c(-c3ccc(O[C@@H]4O[C@H](CO)[C@@H](O)[C@H](O)[C@H]4O)cc3)c3ccc([nH]3)c(CCCC)c3ccc([nH]3)c(-c3ccc(O[C@@H]4O[C@H](CO)[C@@H](O)[C@H](O)[C@H]4O)cc3)c3nc1C=C3)C=C2. The van der Waals surface area contributed by atoms with Crippen LogP contribution >= 0.6 is 0 Å². The first-order valence-electron chi connectivity index (χ1n) is 23.3. The quantitative estimate of drug-likeness (QED) is 0.0687. The summed E-state index contributed by atoms with van der Waals surface area (Å²) in [6.45, 7) is 3.18. The number of hydrogen-bond acceptors (Lipinski definition) is 14. The predicted molar refractivity (Wildman–Crippen MR) is 256 cm³/mol. The van der Waals surface area contributed by atoms with Crippen molar-refractivity contribution >= 4 is 46.4 Å². The van der Waals surface area contributed by atoms with Crippen molar-refractivity contribution in [1.82, 2.24) is 19.9 Å². The maximum Gasteiger partial charge on any atom is 0.229 e. The van der Waals surface area contributed by atoms with E-state index in [9.17, 15) is 40.9 Å². The smallest absolute Gasteiger partial charge is 0.229 e. The molecule has 10 N–H and O–H groups in total. The van der Waals surface area contributed by atoms with Gasteiger partial charge in [-0.2, -0.15) is 0 Å². The molecular weight excluding hydrogens is 873 g/mol. The fourth-order valence-corrected chi connectivity index (χ4v) is 9.16. The fourth-order valence-electron chi connectivity index (χ4n) is 9.16. The molecule has 68 heavy (non-hydrogen) atoms. The molecule has 7 heterocycles. The molecule has 5 aromatic rings. The van der Waals surface area contributed by atoms with Gasteiger partial charge in [-0.25, -0.2) is 9.97 Å². The molecule has 10 atom stereocenters. The van der Waals surface area contributed by atoms with E-state index in [1.807, 2.05) is 48.6 Å². The number of fused-ring (bicyclic) bond motifs is 8. The van der Waals surface area contributed by atoms with Gasteiger partial charge in [0.1, 0.15) is 60.3 Å². The van der Waals surface area contributed by atoms with Gasteiger partial charge < -0.3 is 69.8 Å². The summed E-state index contributed by atoms with van der Waals surface area (Å²) in [5, 5.41) is 81.9. The Morgan fingerprint density at radius 2 is 0.853 bits per heavy atom. The third-order valence-corrected chi connectivity index (χ3v) is 13.0. The Morgan fingerprint density at radius 1 is 0.471 bits per heavy atom. The number of ether oxygens (including phenoxy) is 4. The van der Waals surface area contributed by atoms with Crippen LogP contribution in [0.5, 0.6) is 11.5 Å². The van der Waals surface area contributed by atoms with Crippen LogP contribution in [-0.4, -0.2) is 135 Å². The molecule has 0 saturated carbocycles. The Kier molecular flexibility index (Phi) is 14.2. The number of nitrogens with one attached hydrogen (secondary N) is 2. The summed E-state index contributed by atoms with van der Waals surface area (Å²) < 4.78 is 23.1. The monoisotopic (exact) mass is 930 g/mol. The minimum Gasteiger partial charge on any atom is -0.462 e. The van der Waals surface area contributed by atoms with Gasteiger partial charge in [-0.05, 0) is 115 Å². The van der Waals surface area contributed by atoms with Gasteiger partial charge in [0.25, 0.3) is 0 Å². The zero-order valence-electron chi connectivity index (χ0n) is 37.8. The van der Waals surface area contributed by atoms with E-state index in [-0.39, 0.29) is 0 Å². The zero-order valence-corrected chi connectivity index (χ0v) is 37.8. The van der Waals surface area contributed by atoms with Crippen molar-refractivity contribution in [2.45, 2.75) is 114 Å². The molecule has 2 aromatic carbocycles. The second-order valence-corrected chi connectivity index (χ2v) is 17.6. The summed E-state index contributed by atoms with van der Waals surface area (Å²) in [5.41, 5.74) is 12.0. The molecule has 3 aromatic heterocycles. The van der Waals surface area contributed by atoms with Crippen molar-refractivity contribution < 1.29 is 59.8 Å². The van der Waals surface area contributed by atoms with Gasteiger partial charge in [0.05, 0.1) is 36.0 Å². The number of aromatic amines is 2. The lowest BCUT2D eigenvalue weighted by atomic mass is 9.99. The van der Waals surface area contributed by atoms with Crippen molar-refractivity contribution in [2.24, 2.45) is 0 Å². The van der Waals surface area contributed by atoms with Crippen LogP contribution in [0, 0.1) is 0 Å². The molecule has 0 aliphatic carbocycles. The number of unbranched alkanes of at least 4 members (excludes halogenated alkanes) is 2. The average molecular weight is 931 g/mol. The number of hydrogen-bond donors (Lipinski definition) is 10. The highest BCUT2D eigenvalue weighted by Crippen LogP contribution is 2.37. The molecule has 8 bridgehead atoms. The molecule has 2 fully saturated rings. The number of nitrogens with zero attached hydrogens (tertiary/aromatic N) is 2. The van der Waals surface area contributed by atoms with E-state index in [0.29, 0.717) is 11.5 Å². The van der Waals surface area contributed by atoms with Crippen LogP contribution in [0.15, 0.2) is 72.8 Å². The molecule has 9 rings (SSSR count). The summed E-state index contributed by atoms with van der Waals surface area (Å²) in [6, 6.07) is 22.8. The van der Waals surface area contributed by atoms with Gasteiger partial charge >= 0.3 is 0 Å². The first-order valence-corrected chi connectivity index (χ1v) is 23.3. The third-order valence-electron chi connectivity index (χ3n) is 13.0. The Balaban J connectivity index is 1.17. The van der Waals surface area contributed by atoms with Crippen molar-refractivity contribution in [2.75, 3.05) is 13.2 Å². The molecule has 0 spiro atoms. The van der Waals surface area contributed by atoms with Gasteiger partial charge in [0, 0.05) is 38.8 Å². The number of aliphatic hydroxyl groups is 8. The Morgan fingerprint density at radius 3 is 1.25 bits per heavy atom. The highest BCUT2D eigenvalue weighted by molar-refractivity contribution is 5.94. The van der Waals surface area contributed by atoms with Crippen molar-refractivity contribution in [3.63, 3.8) is 0 Å². The second-order valence-electron chi connectivity index (χ2n) is 17.6. The first-order chi connectivity index (χ1) is 33.0. The predicted octanol–water partition coefficient (Wildman–Crippen LogP) is 5.03. The summed E-state index contributed by atoms with van der Waals surface area (Å²) in [4.78, 5) is 18.1. The van der Waals surface area contributed by atoms with E-state index in [1.54, 1.807) is 24.3 Å². The molecule has 4 aliphatic heterocycles. The number of aromatic nitrogens is 4. The maximum atomic E-state index is 10.6. The fraction of sp³-hybridized carbons (Fsp3) is 0.385. The lowest BCUT2D eigenvalue weighted by Crippen LogP contribution is -2.60. The topological polar surface area (TPSA) is 256 Å². The minimum absolute atomic E-state index is 0.342. The number of aliphatic hydroxyl groups excluding tert-OH is 8. The molecule has 0 radical (unpaired) electrons. The highest BCUT2D eigenvalue weighted by atomic mass is 16.7. The van der Waals surface area contributed by atoms with Crippen molar-refractivity contribution in [3.05, 3.63) is 107 Å². The van der Waals surface area contributed by atoms with Gasteiger partial charge in [0.15, 0.2) is 0 Å². The second kappa shape index (κ2) is 20.5. The van der Waals surface area contributed by atoms with Gasteiger partial charge in [-0.15, -0.1) is 0 Å². The lowest BCUT2D eigenvalue weighted by Gasteiger charge is -2.39. The third kappa shape index (κ3) is 9.37. The average Bonchev–Trinajstić information content (AvgIpc) is 4.21. The van der Waals surface area contributed by atoms with E-state index in [2.05, 4.69) is 48.1 Å². The van der Waals surface area contributed by atoms with Gasteiger partial charge in [-0.3, -0.25) is 0 Å². The normalized spacial score (nSPS) is 25.7. The largest absolute Gasteiger partial charge is 0.462 e. The molecular formula is C52H58N4O12. The standard InChI is InChI=1S/C52H58N4O12/c1-3-5-7-31-33-17-21-37(53-33)43(27-9-13-29(14-10-27)65-51-49(63)47(61)45(59)41(25-57)67-51)39-23-19-35(55-39)32(8-6-4-2)36-20-24-40(56-36)44(38-22-18-34(31)54-38)28-11-15-30(16-12-28)66-52-50(64)48(62)46(60)42(26-58)68-52/h9-24,41-42,45-54,57-64H,3-8,25-26H2,1-2H3/t41-,42-,45-,46-,47+,48+,49-,50-,51-,52-/m1/s1. The molecule has 0 unspecified atom stereocenters. The highest BCUT2D eigenvalue weighted by Gasteiger charge is 2.46. The van der Waals surface area contributed by atoms with Crippen LogP contribution in [0.1, 0.15) is 73.4 Å². The minimum atomic E-state index is -1.57. The van der Waals surface area contributed by atoms with E-state index in [4.69, 9.17) is 28.9 Å². The van der Waals surface area contributed by atoms with Crippen LogP contribution in [-0.2, 0) is 22.3 Å². The van der Waals surface area contributed by atoms with Gasteiger partial charge in [-0.1, -0.05) is 51.0 Å². The van der Waals surface area contributed by atoms with Crippen molar-refractivity contribution in [3.8, 4) is 33.8 Å². The Labute approximate surface area is 392 Å². The molecule has 16 nitrogen and oxygen atoms in total. The summed E-state index contributed by atoms with van der Waals surface area (Å²) >= 11 is 0. The number of benzene rings is 2. The zero-order chi connectivity index (χ0) is 47.6. The summed E-state index contributed by atoms with van der Waals surface area (Å²) in [5.74, 6) is 0.685. The Hall–Kier alpha value is -5.76. The summed E-state index contributed by atoms with van der Waals surface area (Å²) in [6.07, 6.45) is -0.704. The van der Waals surface area contributed by atoms with Crippen LogP contribution in [0.25, 0.3) is 68.6 Å². The maximum absolute atomic E-state index is 10.6.